The van der Waals surface area contributed by atoms with Gasteiger partial charge in [0.15, 0.2) is 0 Å². The van der Waals surface area contributed by atoms with Crippen LogP contribution in [0.5, 0.6) is 0 Å². The van der Waals surface area contributed by atoms with Crippen LogP contribution in [0, 0.1) is 0 Å². The molecule has 0 saturated carbocycles. The maximum atomic E-state index is 10.8. The lowest BCUT2D eigenvalue weighted by Crippen LogP contribution is -1.95. The van der Waals surface area contributed by atoms with E-state index >= 15 is 0 Å². The van der Waals surface area contributed by atoms with E-state index in [0.717, 1.165) is 11.3 Å². The SMILES string of the molecule is O=C(Cl)c1cnc(-c2ccccc2)cn1. The van der Waals surface area contributed by atoms with Crippen LogP contribution in [0.25, 0.3) is 11.3 Å². The second-order valence-electron chi connectivity index (χ2n) is 2.93. The second-order valence-corrected chi connectivity index (χ2v) is 3.27. The molecule has 1 heterocycles. The number of hydrogen-bond acceptors (Lipinski definition) is 3. The quantitative estimate of drug-likeness (QED) is 0.728. The molecule has 74 valence electrons. The first-order valence-electron chi connectivity index (χ1n) is 4.34. The predicted molar refractivity (Wildman–Crippen MR) is 57.7 cm³/mol. The van der Waals surface area contributed by atoms with E-state index in [1.165, 1.54) is 12.4 Å². The van der Waals surface area contributed by atoms with Gasteiger partial charge in [-0.3, -0.25) is 9.78 Å². The smallest absolute Gasteiger partial charge is 0.272 e. The van der Waals surface area contributed by atoms with Crippen LogP contribution in [0.2, 0.25) is 0 Å². The van der Waals surface area contributed by atoms with Gasteiger partial charge in [-0.25, -0.2) is 4.98 Å². The van der Waals surface area contributed by atoms with Crippen molar-refractivity contribution in [1.82, 2.24) is 9.97 Å². The number of carbonyl (C=O) groups excluding carboxylic acids is 1. The lowest BCUT2D eigenvalue weighted by Gasteiger charge is -1.99. The van der Waals surface area contributed by atoms with Gasteiger partial charge in [0.2, 0.25) is 0 Å². The van der Waals surface area contributed by atoms with Gasteiger partial charge in [0, 0.05) is 5.56 Å². The average Bonchev–Trinajstić information content (AvgIpc) is 2.30. The summed E-state index contributed by atoms with van der Waals surface area (Å²) in [5, 5.41) is -0.595. The van der Waals surface area contributed by atoms with Gasteiger partial charge in [-0.15, -0.1) is 0 Å². The summed E-state index contributed by atoms with van der Waals surface area (Å²) < 4.78 is 0. The van der Waals surface area contributed by atoms with Crippen molar-refractivity contribution in [2.45, 2.75) is 0 Å². The molecular formula is C11H7ClN2O. The van der Waals surface area contributed by atoms with Gasteiger partial charge < -0.3 is 0 Å². The Morgan fingerprint density at radius 3 is 2.33 bits per heavy atom. The Morgan fingerprint density at radius 2 is 1.80 bits per heavy atom. The molecule has 2 aromatic rings. The molecule has 2 rings (SSSR count). The molecule has 0 atom stereocenters. The first kappa shape index (κ1) is 9.80. The van der Waals surface area contributed by atoms with Crippen LogP contribution in [-0.2, 0) is 0 Å². The molecule has 0 fully saturated rings. The lowest BCUT2D eigenvalue weighted by molar-refractivity contribution is 0.107. The molecule has 1 aromatic carbocycles. The molecule has 0 spiro atoms. The first-order valence-corrected chi connectivity index (χ1v) is 4.72. The number of aromatic nitrogens is 2. The van der Waals surface area contributed by atoms with E-state index in [1.54, 1.807) is 0 Å². The van der Waals surface area contributed by atoms with Crippen LogP contribution in [0.3, 0.4) is 0 Å². The number of halogens is 1. The van der Waals surface area contributed by atoms with Crippen molar-refractivity contribution in [3.63, 3.8) is 0 Å². The van der Waals surface area contributed by atoms with Crippen molar-refractivity contribution in [2.24, 2.45) is 0 Å². The fourth-order valence-electron chi connectivity index (χ4n) is 1.19. The summed E-state index contributed by atoms with van der Waals surface area (Å²) in [5.41, 5.74) is 1.84. The number of rotatable bonds is 2. The second kappa shape index (κ2) is 4.19. The van der Waals surface area contributed by atoms with Gasteiger partial charge in [-0.1, -0.05) is 30.3 Å². The highest BCUT2D eigenvalue weighted by atomic mass is 35.5. The van der Waals surface area contributed by atoms with E-state index in [0.29, 0.717) is 0 Å². The highest BCUT2D eigenvalue weighted by molar-refractivity contribution is 6.67. The van der Waals surface area contributed by atoms with Gasteiger partial charge in [0.05, 0.1) is 18.1 Å². The van der Waals surface area contributed by atoms with Crippen LogP contribution >= 0.6 is 11.6 Å². The van der Waals surface area contributed by atoms with Gasteiger partial charge >= 0.3 is 0 Å². The van der Waals surface area contributed by atoms with Crippen molar-refractivity contribution in [1.29, 1.82) is 0 Å². The summed E-state index contributed by atoms with van der Waals surface area (Å²) >= 11 is 5.26. The molecular weight excluding hydrogens is 212 g/mol. The lowest BCUT2D eigenvalue weighted by atomic mass is 10.2. The highest BCUT2D eigenvalue weighted by Crippen LogP contribution is 2.14. The van der Waals surface area contributed by atoms with E-state index < -0.39 is 5.24 Å². The summed E-state index contributed by atoms with van der Waals surface area (Å²) in [7, 11) is 0. The Labute approximate surface area is 91.8 Å². The van der Waals surface area contributed by atoms with Crippen LogP contribution in [0.1, 0.15) is 10.5 Å². The number of carbonyl (C=O) groups is 1. The van der Waals surface area contributed by atoms with Gasteiger partial charge in [-0.2, -0.15) is 0 Å². The van der Waals surface area contributed by atoms with E-state index in [-0.39, 0.29) is 5.69 Å². The minimum absolute atomic E-state index is 0.163. The van der Waals surface area contributed by atoms with E-state index in [1.807, 2.05) is 30.3 Å². The van der Waals surface area contributed by atoms with Crippen LogP contribution in [-0.4, -0.2) is 15.2 Å². The molecule has 0 N–H and O–H groups in total. The molecule has 0 aliphatic rings. The molecule has 0 amide bonds. The number of benzene rings is 1. The zero-order chi connectivity index (χ0) is 10.7. The third-order valence-corrected chi connectivity index (χ3v) is 2.12. The molecule has 3 nitrogen and oxygen atoms in total. The van der Waals surface area contributed by atoms with Crippen molar-refractivity contribution >= 4 is 16.8 Å². The minimum Gasteiger partial charge on any atom is -0.274 e. The first-order chi connectivity index (χ1) is 7.27. The molecule has 0 aliphatic heterocycles. The predicted octanol–water partition coefficient (Wildman–Crippen LogP) is 2.52. The summed E-state index contributed by atoms with van der Waals surface area (Å²) in [4.78, 5) is 18.8. The monoisotopic (exact) mass is 218 g/mol. The van der Waals surface area contributed by atoms with Crippen molar-refractivity contribution < 1.29 is 4.79 Å². The van der Waals surface area contributed by atoms with Crippen LogP contribution in [0.4, 0.5) is 0 Å². The fraction of sp³-hybridized carbons (Fsp3) is 0. The third-order valence-electron chi connectivity index (χ3n) is 1.92. The molecule has 0 bridgehead atoms. The van der Waals surface area contributed by atoms with Crippen molar-refractivity contribution in [3.05, 3.63) is 48.4 Å². The average molecular weight is 219 g/mol. The van der Waals surface area contributed by atoms with Crippen molar-refractivity contribution in [3.8, 4) is 11.3 Å². The minimum atomic E-state index is -0.595. The molecule has 4 heteroatoms. The van der Waals surface area contributed by atoms with E-state index in [2.05, 4.69) is 9.97 Å². The molecule has 0 radical (unpaired) electrons. The van der Waals surface area contributed by atoms with E-state index in [4.69, 9.17) is 11.6 Å². The molecule has 1 aromatic heterocycles. The Hall–Kier alpha value is -1.74. The summed E-state index contributed by atoms with van der Waals surface area (Å²) in [5.74, 6) is 0. The summed E-state index contributed by atoms with van der Waals surface area (Å²) in [6.45, 7) is 0. The van der Waals surface area contributed by atoms with Gasteiger partial charge in [-0.05, 0) is 11.6 Å². The number of hydrogen-bond donors (Lipinski definition) is 0. The molecule has 0 aliphatic carbocycles. The largest absolute Gasteiger partial charge is 0.274 e. The van der Waals surface area contributed by atoms with Crippen LogP contribution < -0.4 is 0 Å². The van der Waals surface area contributed by atoms with Gasteiger partial charge in [0.25, 0.3) is 5.24 Å². The maximum Gasteiger partial charge on any atom is 0.272 e. The van der Waals surface area contributed by atoms with Crippen LogP contribution in [0.15, 0.2) is 42.7 Å². The zero-order valence-electron chi connectivity index (χ0n) is 7.72. The molecule has 0 unspecified atom stereocenters. The summed E-state index contributed by atoms with van der Waals surface area (Å²) in [6, 6.07) is 9.60. The molecule has 15 heavy (non-hydrogen) atoms. The fourth-order valence-corrected chi connectivity index (χ4v) is 1.29. The number of nitrogens with zero attached hydrogens (tertiary/aromatic N) is 2. The Morgan fingerprint density at radius 1 is 1.07 bits per heavy atom. The third kappa shape index (κ3) is 2.19. The van der Waals surface area contributed by atoms with E-state index in [9.17, 15) is 4.79 Å². The Bertz CT molecular complexity index is 468. The van der Waals surface area contributed by atoms with Crippen molar-refractivity contribution in [2.75, 3.05) is 0 Å². The molecule has 0 saturated heterocycles. The zero-order valence-corrected chi connectivity index (χ0v) is 8.48. The highest BCUT2D eigenvalue weighted by Gasteiger charge is 2.04. The topological polar surface area (TPSA) is 42.9 Å². The Kier molecular flexibility index (Phi) is 2.74. The summed E-state index contributed by atoms with van der Waals surface area (Å²) in [6.07, 6.45) is 2.91. The maximum absolute atomic E-state index is 10.8. The van der Waals surface area contributed by atoms with Gasteiger partial charge in [0.1, 0.15) is 5.69 Å². The standard InChI is InChI=1S/C11H7ClN2O/c12-11(15)10-7-13-9(6-14-10)8-4-2-1-3-5-8/h1-7H. The Balaban J connectivity index is 2.36. The normalized spacial score (nSPS) is 9.93.